The Morgan fingerprint density at radius 3 is 2.22 bits per heavy atom. The van der Waals surface area contributed by atoms with Gasteiger partial charge in [0.05, 0.1) is 11.5 Å². The minimum Gasteiger partial charge on any atom is -0.350 e. The third-order valence-corrected chi connectivity index (χ3v) is 7.17. The zero-order valence-corrected chi connectivity index (χ0v) is 20.6. The minimum atomic E-state index is -0.748. The maximum absolute atomic E-state index is 13.8. The summed E-state index contributed by atoms with van der Waals surface area (Å²) in [5.41, 5.74) is 2.36. The Morgan fingerprint density at radius 1 is 0.946 bits per heavy atom. The first kappa shape index (κ1) is 24.4. The van der Waals surface area contributed by atoms with Crippen LogP contribution in [0.1, 0.15) is 47.5 Å². The molecule has 37 heavy (non-hydrogen) atoms. The Hall–Kier alpha value is -4.26. The number of nitrogens with one attached hydrogen (secondary N) is 1. The number of nitrogens with zero attached hydrogens (tertiary/aromatic N) is 2. The molecule has 0 spiro atoms. The summed E-state index contributed by atoms with van der Waals surface area (Å²) >= 11 is 0. The van der Waals surface area contributed by atoms with Crippen molar-refractivity contribution in [1.82, 2.24) is 15.4 Å². The molecule has 4 aromatic rings. The molecule has 1 aliphatic rings. The van der Waals surface area contributed by atoms with Gasteiger partial charge in [-0.1, -0.05) is 65.8 Å². The predicted molar refractivity (Wildman–Crippen MR) is 138 cm³/mol. The van der Waals surface area contributed by atoms with Crippen molar-refractivity contribution in [3.63, 3.8) is 0 Å². The van der Waals surface area contributed by atoms with Crippen LogP contribution in [0.25, 0.3) is 11.3 Å². The summed E-state index contributed by atoms with van der Waals surface area (Å²) < 4.78 is 18.6. The topological polar surface area (TPSA) is 75.4 Å². The van der Waals surface area contributed by atoms with Crippen LogP contribution in [-0.4, -0.2) is 35.0 Å². The van der Waals surface area contributed by atoms with E-state index < -0.39 is 5.41 Å². The second kappa shape index (κ2) is 10.4. The van der Waals surface area contributed by atoms with Crippen molar-refractivity contribution in [1.29, 1.82) is 0 Å². The number of carbonyl (C=O) groups is 2. The van der Waals surface area contributed by atoms with E-state index in [4.69, 9.17) is 4.52 Å². The molecule has 1 aromatic heterocycles. The molecule has 0 radical (unpaired) electrons. The third kappa shape index (κ3) is 5.03. The molecule has 0 unspecified atom stereocenters. The summed E-state index contributed by atoms with van der Waals surface area (Å²) in [6.07, 6.45) is 0.962. The van der Waals surface area contributed by atoms with E-state index in [9.17, 15) is 14.0 Å². The SMILES string of the molecule is C[C@H](NC(=O)C1(c2ccccc2)CCN(C(=O)c2cc(-c3ccc(F)cc3)no2)CC1)c1ccccc1. The van der Waals surface area contributed by atoms with Crippen molar-refractivity contribution >= 4 is 11.8 Å². The van der Waals surface area contributed by atoms with Gasteiger partial charge in [-0.15, -0.1) is 0 Å². The largest absolute Gasteiger partial charge is 0.350 e. The first-order valence-electron chi connectivity index (χ1n) is 12.4. The molecule has 2 amide bonds. The van der Waals surface area contributed by atoms with Crippen LogP contribution in [0.5, 0.6) is 0 Å². The fourth-order valence-electron chi connectivity index (χ4n) is 4.94. The van der Waals surface area contributed by atoms with E-state index in [1.165, 1.54) is 12.1 Å². The molecule has 0 aliphatic carbocycles. The van der Waals surface area contributed by atoms with Crippen LogP contribution >= 0.6 is 0 Å². The van der Waals surface area contributed by atoms with E-state index in [0.717, 1.165) is 11.1 Å². The number of hydrogen-bond acceptors (Lipinski definition) is 4. The predicted octanol–water partition coefficient (Wildman–Crippen LogP) is 5.53. The number of amides is 2. The van der Waals surface area contributed by atoms with Gasteiger partial charge in [0.25, 0.3) is 5.91 Å². The van der Waals surface area contributed by atoms with Gasteiger partial charge < -0.3 is 14.7 Å². The van der Waals surface area contributed by atoms with E-state index in [-0.39, 0.29) is 29.4 Å². The molecule has 188 valence electrons. The summed E-state index contributed by atoms with van der Waals surface area (Å²) in [7, 11) is 0. The zero-order chi connectivity index (χ0) is 25.8. The Kier molecular flexibility index (Phi) is 6.86. The van der Waals surface area contributed by atoms with Gasteiger partial charge in [0, 0.05) is 24.7 Å². The van der Waals surface area contributed by atoms with Crippen LogP contribution in [0.4, 0.5) is 4.39 Å². The summed E-state index contributed by atoms with van der Waals surface area (Å²) in [6.45, 7) is 2.77. The fourth-order valence-corrected chi connectivity index (χ4v) is 4.94. The molecule has 1 aliphatic heterocycles. The van der Waals surface area contributed by atoms with Crippen LogP contribution in [0.15, 0.2) is 95.5 Å². The van der Waals surface area contributed by atoms with Crippen molar-refractivity contribution in [2.24, 2.45) is 0 Å². The van der Waals surface area contributed by atoms with Gasteiger partial charge in [0.1, 0.15) is 11.5 Å². The minimum absolute atomic E-state index is 0.0413. The Bertz CT molecular complexity index is 1360. The standard InChI is InChI=1S/C30H28FN3O3/c1-21(22-8-4-2-5-9-22)32-29(36)30(24-10-6-3-7-11-24)16-18-34(19-17-30)28(35)27-20-26(33-37-27)23-12-14-25(31)15-13-23/h2-15,20-21H,16-19H2,1H3,(H,32,36)/t21-/m0/s1. The summed E-state index contributed by atoms with van der Waals surface area (Å²) in [6, 6.07) is 26.9. The van der Waals surface area contributed by atoms with E-state index in [0.29, 0.717) is 37.2 Å². The van der Waals surface area contributed by atoms with Gasteiger partial charge in [0.15, 0.2) is 0 Å². The average molecular weight is 498 g/mol. The summed E-state index contributed by atoms with van der Waals surface area (Å²) in [5.74, 6) is -0.546. The number of carbonyl (C=O) groups excluding carboxylic acids is 2. The molecule has 1 saturated heterocycles. The quantitative estimate of drug-likeness (QED) is 0.380. The van der Waals surface area contributed by atoms with Gasteiger partial charge in [0.2, 0.25) is 11.7 Å². The lowest BCUT2D eigenvalue weighted by molar-refractivity contribution is -0.129. The van der Waals surface area contributed by atoms with Crippen molar-refractivity contribution in [2.75, 3.05) is 13.1 Å². The first-order chi connectivity index (χ1) is 18.0. The van der Waals surface area contributed by atoms with Crippen LogP contribution in [0.3, 0.4) is 0 Å². The molecular weight excluding hydrogens is 469 g/mol. The Labute approximate surface area is 215 Å². The normalized spacial score (nSPS) is 15.7. The van der Waals surface area contributed by atoms with E-state index in [2.05, 4.69) is 10.5 Å². The second-order valence-electron chi connectivity index (χ2n) is 9.43. The number of benzene rings is 3. The van der Waals surface area contributed by atoms with E-state index in [1.54, 1.807) is 23.1 Å². The van der Waals surface area contributed by atoms with Crippen molar-refractivity contribution in [3.05, 3.63) is 114 Å². The Morgan fingerprint density at radius 2 is 1.57 bits per heavy atom. The molecule has 7 heteroatoms. The van der Waals surface area contributed by atoms with Crippen LogP contribution in [-0.2, 0) is 10.2 Å². The summed E-state index contributed by atoms with van der Waals surface area (Å²) in [5, 5.41) is 7.20. The number of halogens is 1. The van der Waals surface area contributed by atoms with Crippen LogP contribution in [0, 0.1) is 5.82 Å². The molecule has 1 atom stereocenters. The highest BCUT2D eigenvalue weighted by molar-refractivity contribution is 5.93. The smallest absolute Gasteiger partial charge is 0.292 e. The molecule has 5 rings (SSSR count). The highest BCUT2D eigenvalue weighted by Crippen LogP contribution is 2.37. The maximum atomic E-state index is 13.8. The number of piperidine rings is 1. The van der Waals surface area contributed by atoms with Gasteiger partial charge >= 0.3 is 0 Å². The third-order valence-electron chi connectivity index (χ3n) is 7.17. The summed E-state index contributed by atoms with van der Waals surface area (Å²) in [4.78, 5) is 28.7. The van der Waals surface area contributed by atoms with Crippen molar-refractivity contribution < 1.29 is 18.5 Å². The van der Waals surface area contributed by atoms with Crippen molar-refractivity contribution in [3.8, 4) is 11.3 Å². The highest BCUT2D eigenvalue weighted by atomic mass is 19.1. The van der Waals surface area contributed by atoms with Crippen molar-refractivity contribution in [2.45, 2.75) is 31.2 Å². The van der Waals surface area contributed by atoms with Gasteiger partial charge in [-0.05, 0) is 55.2 Å². The zero-order valence-electron chi connectivity index (χ0n) is 20.6. The molecular formula is C30H28FN3O3. The lowest BCUT2D eigenvalue weighted by Gasteiger charge is -2.41. The molecule has 0 saturated carbocycles. The lowest BCUT2D eigenvalue weighted by atomic mass is 9.71. The molecule has 0 bridgehead atoms. The monoisotopic (exact) mass is 497 g/mol. The number of hydrogen-bond donors (Lipinski definition) is 1. The fraction of sp³-hybridized carbons (Fsp3) is 0.233. The van der Waals surface area contributed by atoms with Gasteiger partial charge in [-0.2, -0.15) is 0 Å². The molecule has 1 N–H and O–H groups in total. The number of likely N-dealkylation sites (tertiary alicyclic amines) is 1. The van der Waals surface area contributed by atoms with Crippen LogP contribution in [0.2, 0.25) is 0 Å². The average Bonchev–Trinajstić information content (AvgIpc) is 3.44. The number of rotatable bonds is 6. The second-order valence-corrected chi connectivity index (χ2v) is 9.43. The lowest BCUT2D eigenvalue weighted by Crippen LogP contribution is -2.53. The molecule has 3 aromatic carbocycles. The van der Waals surface area contributed by atoms with E-state index >= 15 is 0 Å². The van der Waals surface area contributed by atoms with Gasteiger partial charge in [-0.3, -0.25) is 9.59 Å². The Balaban J connectivity index is 1.32. The number of aromatic nitrogens is 1. The molecule has 1 fully saturated rings. The first-order valence-corrected chi connectivity index (χ1v) is 12.4. The molecule has 2 heterocycles. The molecule has 6 nitrogen and oxygen atoms in total. The maximum Gasteiger partial charge on any atom is 0.292 e. The van der Waals surface area contributed by atoms with Gasteiger partial charge in [-0.25, -0.2) is 4.39 Å². The van der Waals surface area contributed by atoms with E-state index in [1.807, 2.05) is 67.6 Å². The van der Waals surface area contributed by atoms with Crippen LogP contribution < -0.4 is 5.32 Å². The highest BCUT2D eigenvalue weighted by Gasteiger charge is 2.44.